The Hall–Kier alpha value is -2.36. The molecule has 0 saturated heterocycles. The van der Waals surface area contributed by atoms with Gasteiger partial charge in [0.25, 0.3) is 5.56 Å². The zero-order valence-corrected chi connectivity index (χ0v) is 11.4. The quantitative estimate of drug-likeness (QED) is 0.712. The summed E-state index contributed by atoms with van der Waals surface area (Å²) in [7, 11) is 0. The fraction of sp³-hybridized carbons (Fsp3) is 0.143. The molecule has 100 valence electrons. The molecule has 0 fully saturated rings. The van der Waals surface area contributed by atoms with Crippen LogP contribution >= 0.6 is 11.3 Å². The van der Waals surface area contributed by atoms with Gasteiger partial charge in [-0.2, -0.15) is 5.10 Å². The van der Waals surface area contributed by atoms with E-state index in [4.69, 9.17) is 5.73 Å². The minimum absolute atomic E-state index is 0.0482. The van der Waals surface area contributed by atoms with Gasteiger partial charge in [-0.3, -0.25) is 4.79 Å². The van der Waals surface area contributed by atoms with Crippen molar-refractivity contribution in [3.05, 3.63) is 56.9 Å². The molecule has 0 aromatic carbocycles. The van der Waals surface area contributed by atoms with Crippen molar-refractivity contribution in [1.29, 1.82) is 0 Å². The maximum absolute atomic E-state index is 12.2. The minimum atomic E-state index is -0.0482. The predicted molar refractivity (Wildman–Crippen MR) is 78.8 cm³/mol. The molecule has 0 aliphatic rings. The lowest BCUT2D eigenvalue weighted by Gasteiger charge is -2.03. The standard InChI is InChI=1S/C14H12N4OS/c15-6-1-2-11-3-4-12(20-11)10-17-8-9-18-13(14(17)19)5-7-16-18/h3-5,7-9H,6,10,15H2. The van der Waals surface area contributed by atoms with Gasteiger partial charge < -0.3 is 10.3 Å². The number of hydrogen-bond donors (Lipinski definition) is 1. The zero-order valence-electron chi connectivity index (χ0n) is 10.6. The average Bonchev–Trinajstić information content (AvgIpc) is 3.09. The third kappa shape index (κ3) is 2.37. The molecule has 0 unspecified atom stereocenters. The summed E-state index contributed by atoms with van der Waals surface area (Å²) in [6.07, 6.45) is 5.14. The van der Waals surface area contributed by atoms with Crippen molar-refractivity contribution in [2.24, 2.45) is 5.73 Å². The van der Waals surface area contributed by atoms with Gasteiger partial charge in [0.2, 0.25) is 0 Å². The Labute approximate surface area is 119 Å². The Bertz CT molecular complexity index is 862. The number of rotatable bonds is 2. The van der Waals surface area contributed by atoms with Gasteiger partial charge in [-0.1, -0.05) is 11.8 Å². The maximum atomic E-state index is 12.2. The molecule has 0 bridgehead atoms. The first-order valence-corrected chi connectivity index (χ1v) is 6.90. The van der Waals surface area contributed by atoms with Crippen LogP contribution in [0.3, 0.4) is 0 Å². The van der Waals surface area contributed by atoms with Crippen LogP contribution in [0.15, 0.2) is 41.6 Å². The highest BCUT2D eigenvalue weighted by molar-refractivity contribution is 7.12. The van der Waals surface area contributed by atoms with Crippen molar-refractivity contribution >= 4 is 16.9 Å². The number of hydrogen-bond acceptors (Lipinski definition) is 4. The third-order valence-corrected chi connectivity index (χ3v) is 3.82. The summed E-state index contributed by atoms with van der Waals surface area (Å²) < 4.78 is 3.24. The van der Waals surface area contributed by atoms with E-state index in [1.165, 1.54) is 0 Å². The number of nitrogens with two attached hydrogens (primary N) is 1. The Balaban J connectivity index is 1.91. The van der Waals surface area contributed by atoms with Gasteiger partial charge in [0, 0.05) is 17.3 Å². The Kier molecular flexibility index (Phi) is 3.37. The number of thiophene rings is 1. The van der Waals surface area contributed by atoms with E-state index in [0.717, 1.165) is 9.75 Å². The molecule has 2 N–H and O–H groups in total. The Morgan fingerprint density at radius 1 is 1.30 bits per heavy atom. The van der Waals surface area contributed by atoms with Crippen molar-refractivity contribution in [2.75, 3.05) is 6.54 Å². The molecule has 0 atom stereocenters. The molecule has 3 aromatic heterocycles. The Morgan fingerprint density at radius 2 is 2.20 bits per heavy atom. The summed E-state index contributed by atoms with van der Waals surface area (Å²) >= 11 is 1.57. The van der Waals surface area contributed by atoms with Crippen LogP contribution in [-0.2, 0) is 6.54 Å². The van der Waals surface area contributed by atoms with Crippen molar-refractivity contribution in [3.8, 4) is 11.8 Å². The number of aromatic nitrogens is 3. The normalized spacial score (nSPS) is 10.4. The fourth-order valence-corrected chi connectivity index (χ4v) is 2.80. The second-order valence-electron chi connectivity index (χ2n) is 4.16. The Morgan fingerprint density at radius 3 is 3.05 bits per heavy atom. The lowest BCUT2D eigenvalue weighted by Crippen LogP contribution is -2.21. The van der Waals surface area contributed by atoms with E-state index in [9.17, 15) is 4.79 Å². The van der Waals surface area contributed by atoms with Crippen LogP contribution in [0.5, 0.6) is 0 Å². The topological polar surface area (TPSA) is 65.3 Å². The lowest BCUT2D eigenvalue weighted by atomic mass is 10.4. The van der Waals surface area contributed by atoms with Crippen molar-refractivity contribution < 1.29 is 0 Å². The SMILES string of the molecule is NCC#Cc1ccc(Cn2ccn3nccc3c2=O)s1. The van der Waals surface area contributed by atoms with Crippen LogP contribution in [0, 0.1) is 11.8 Å². The van der Waals surface area contributed by atoms with E-state index in [-0.39, 0.29) is 5.56 Å². The molecule has 0 aliphatic carbocycles. The summed E-state index contributed by atoms with van der Waals surface area (Å²) in [5, 5.41) is 4.04. The van der Waals surface area contributed by atoms with Crippen LogP contribution in [0.4, 0.5) is 0 Å². The number of nitrogens with zero attached hydrogens (tertiary/aromatic N) is 3. The summed E-state index contributed by atoms with van der Waals surface area (Å²) in [4.78, 5) is 14.3. The van der Waals surface area contributed by atoms with Gasteiger partial charge in [0.1, 0.15) is 5.52 Å². The molecule has 0 aliphatic heterocycles. The molecule has 3 rings (SSSR count). The molecule has 5 nitrogen and oxygen atoms in total. The first-order valence-electron chi connectivity index (χ1n) is 6.08. The van der Waals surface area contributed by atoms with E-state index in [2.05, 4.69) is 16.9 Å². The van der Waals surface area contributed by atoms with Gasteiger partial charge >= 0.3 is 0 Å². The monoisotopic (exact) mass is 284 g/mol. The molecule has 20 heavy (non-hydrogen) atoms. The smallest absolute Gasteiger partial charge is 0.276 e. The maximum Gasteiger partial charge on any atom is 0.276 e. The highest BCUT2D eigenvalue weighted by Crippen LogP contribution is 2.16. The van der Waals surface area contributed by atoms with E-state index in [1.807, 2.05) is 12.1 Å². The molecule has 3 aromatic rings. The van der Waals surface area contributed by atoms with Crippen LogP contribution < -0.4 is 11.3 Å². The lowest BCUT2D eigenvalue weighted by molar-refractivity contribution is 0.751. The molecular formula is C14H12N4OS. The number of fused-ring (bicyclic) bond motifs is 1. The van der Waals surface area contributed by atoms with Gasteiger partial charge in [-0.05, 0) is 18.2 Å². The third-order valence-electron chi connectivity index (χ3n) is 2.84. The molecular weight excluding hydrogens is 272 g/mol. The summed E-state index contributed by atoms with van der Waals surface area (Å²) in [6.45, 7) is 0.889. The molecule has 0 saturated carbocycles. The molecule has 0 amide bonds. The highest BCUT2D eigenvalue weighted by Gasteiger charge is 2.05. The van der Waals surface area contributed by atoms with Gasteiger partial charge in [0.05, 0.1) is 24.2 Å². The van der Waals surface area contributed by atoms with Crippen molar-refractivity contribution in [1.82, 2.24) is 14.2 Å². The zero-order chi connectivity index (χ0) is 13.9. The molecule has 0 radical (unpaired) electrons. The largest absolute Gasteiger partial charge is 0.320 e. The van der Waals surface area contributed by atoms with E-state index in [1.54, 1.807) is 45.1 Å². The fourth-order valence-electron chi connectivity index (χ4n) is 1.92. The van der Waals surface area contributed by atoms with Crippen molar-refractivity contribution in [3.63, 3.8) is 0 Å². The van der Waals surface area contributed by atoms with E-state index >= 15 is 0 Å². The highest BCUT2D eigenvalue weighted by atomic mass is 32.1. The molecule has 0 spiro atoms. The van der Waals surface area contributed by atoms with Crippen LogP contribution in [0.2, 0.25) is 0 Å². The summed E-state index contributed by atoms with van der Waals surface area (Å²) in [5.41, 5.74) is 5.87. The molecule has 3 heterocycles. The van der Waals surface area contributed by atoms with Crippen molar-refractivity contribution in [2.45, 2.75) is 6.54 Å². The molecule has 6 heteroatoms. The summed E-state index contributed by atoms with van der Waals surface area (Å²) in [5.74, 6) is 5.81. The first kappa shape index (κ1) is 12.7. The predicted octanol–water partition coefficient (Wildman–Crippen LogP) is 0.916. The average molecular weight is 284 g/mol. The second-order valence-corrected chi connectivity index (χ2v) is 5.33. The van der Waals surface area contributed by atoms with Crippen LogP contribution in [0.25, 0.3) is 5.52 Å². The minimum Gasteiger partial charge on any atom is -0.320 e. The first-order chi connectivity index (χ1) is 9.78. The summed E-state index contributed by atoms with van der Waals surface area (Å²) in [6, 6.07) is 5.65. The second kappa shape index (κ2) is 5.33. The van der Waals surface area contributed by atoms with Crippen LogP contribution in [0.1, 0.15) is 9.75 Å². The van der Waals surface area contributed by atoms with Gasteiger partial charge in [-0.15, -0.1) is 11.3 Å². The van der Waals surface area contributed by atoms with Gasteiger partial charge in [-0.25, -0.2) is 4.52 Å². The van der Waals surface area contributed by atoms with Gasteiger partial charge in [0.15, 0.2) is 0 Å². The van der Waals surface area contributed by atoms with E-state index < -0.39 is 0 Å². The van der Waals surface area contributed by atoms with E-state index in [0.29, 0.717) is 18.6 Å². The van der Waals surface area contributed by atoms with Crippen LogP contribution in [-0.4, -0.2) is 20.7 Å².